The van der Waals surface area contributed by atoms with Crippen LogP contribution in [-0.2, 0) is 19.2 Å². The molecule has 0 bridgehead atoms. The number of amides is 2. The Balaban J connectivity index is 1.42. The van der Waals surface area contributed by atoms with Crippen LogP contribution in [0.3, 0.4) is 0 Å². The number of rotatable bonds is 5. The van der Waals surface area contributed by atoms with E-state index in [1.54, 1.807) is 10.4 Å². The number of nitrogens with one attached hydrogen (secondary N) is 1. The maximum atomic E-state index is 13.4. The van der Waals surface area contributed by atoms with Crippen molar-refractivity contribution in [2.45, 2.75) is 50.3 Å². The summed E-state index contributed by atoms with van der Waals surface area (Å²) in [5, 5.41) is 11.1. The van der Waals surface area contributed by atoms with Crippen molar-refractivity contribution in [2.24, 2.45) is 17.8 Å². The van der Waals surface area contributed by atoms with Gasteiger partial charge < -0.3 is 19.7 Å². The van der Waals surface area contributed by atoms with Crippen LogP contribution in [0.2, 0.25) is 0 Å². The van der Waals surface area contributed by atoms with E-state index < -0.39 is 35.5 Å². The molecule has 2 amide bonds. The van der Waals surface area contributed by atoms with Crippen LogP contribution >= 0.6 is 0 Å². The van der Waals surface area contributed by atoms with Crippen molar-refractivity contribution >= 4 is 23.5 Å². The average molecular weight is 498 g/mol. The van der Waals surface area contributed by atoms with Crippen molar-refractivity contribution in [3.05, 3.63) is 30.3 Å². The van der Waals surface area contributed by atoms with Crippen molar-refractivity contribution in [1.82, 2.24) is 10.4 Å². The summed E-state index contributed by atoms with van der Waals surface area (Å²) >= 11 is 0. The molecule has 192 valence electrons. The summed E-state index contributed by atoms with van der Waals surface area (Å²) in [6.45, 7) is 2.09. The summed E-state index contributed by atoms with van der Waals surface area (Å²) in [7, 11) is 0. The lowest BCUT2D eigenvalue weighted by Gasteiger charge is -2.43. The largest absolute Gasteiger partial charge is 0.493 e. The van der Waals surface area contributed by atoms with Gasteiger partial charge in [-0.2, -0.15) is 18.7 Å². The summed E-state index contributed by atoms with van der Waals surface area (Å²) in [4.78, 5) is 45.0. The number of hydroxylamine groups is 1. The number of piperazine rings is 1. The van der Waals surface area contributed by atoms with Gasteiger partial charge in [0, 0.05) is 31.9 Å². The van der Waals surface area contributed by atoms with Crippen LogP contribution in [0.4, 0.5) is 18.9 Å². The van der Waals surface area contributed by atoms with E-state index in [2.05, 4.69) is 9.74 Å². The first-order chi connectivity index (χ1) is 16.6. The Kier molecular flexibility index (Phi) is 7.25. The third-order valence-electron chi connectivity index (χ3n) is 7.21. The lowest BCUT2D eigenvalue weighted by molar-refractivity contribution is -0.208. The minimum absolute atomic E-state index is 0.0702. The van der Waals surface area contributed by atoms with Gasteiger partial charge in [0.25, 0.3) is 5.91 Å². The van der Waals surface area contributed by atoms with Gasteiger partial charge >= 0.3 is 12.1 Å². The van der Waals surface area contributed by atoms with Gasteiger partial charge in [0.05, 0.1) is 17.4 Å². The Bertz CT molecular complexity index is 932. The van der Waals surface area contributed by atoms with Crippen LogP contribution in [0.25, 0.3) is 0 Å². The number of para-hydroxylation sites is 1. The van der Waals surface area contributed by atoms with Gasteiger partial charge in [-0.05, 0) is 43.7 Å². The Morgan fingerprint density at radius 1 is 1.03 bits per heavy atom. The smallest absolute Gasteiger partial charge is 0.390 e. The number of nitrogens with zero attached hydrogens (tertiary/aromatic N) is 2. The van der Waals surface area contributed by atoms with Gasteiger partial charge in [-0.1, -0.05) is 31.0 Å². The molecule has 2 saturated carbocycles. The van der Waals surface area contributed by atoms with Crippen LogP contribution in [0.15, 0.2) is 30.3 Å². The predicted octanol–water partition coefficient (Wildman–Crippen LogP) is 2.42. The van der Waals surface area contributed by atoms with E-state index in [1.807, 2.05) is 30.3 Å². The van der Waals surface area contributed by atoms with Crippen molar-refractivity contribution < 1.29 is 37.5 Å². The number of anilines is 1. The van der Waals surface area contributed by atoms with Crippen LogP contribution in [0.1, 0.15) is 38.5 Å². The molecule has 8 nitrogen and oxygen atoms in total. The molecule has 1 aromatic rings. The molecule has 0 unspecified atom stereocenters. The number of halogens is 3. The van der Waals surface area contributed by atoms with Gasteiger partial charge in [-0.25, -0.2) is 4.79 Å². The number of carbonyl (C=O) groups is 3. The number of hydrogen-bond acceptors (Lipinski definition) is 6. The van der Waals surface area contributed by atoms with Gasteiger partial charge in [-0.15, -0.1) is 0 Å². The molecule has 0 aromatic heterocycles. The normalized spacial score (nSPS) is 27.3. The molecule has 3 aliphatic rings. The second-order valence-electron chi connectivity index (χ2n) is 9.83. The molecule has 1 aromatic carbocycles. The topological polar surface area (TPSA) is 99.2 Å². The fourth-order valence-corrected chi connectivity index (χ4v) is 5.18. The highest BCUT2D eigenvalue weighted by Gasteiger charge is 2.49. The Hall–Kier alpha value is -2.82. The molecular formula is C24H30F3N3O5. The molecule has 0 spiro atoms. The average Bonchev–Trinajstić information content (AvgIpc) is 3.65. The Labute approximate surface area is 201 Å². The molecule has 1 heterocycles. The first-order valence-corrected chi connectivity index (χ1v) is 11.9. The zero-order valence-electron chi connectivity index (χ0n) is 19.3. The minimum atomic E-state index is -5.26. The van der Waals surface area contributed by atoms with E-state index in [9.17, 15) is 32.7 Å². The number of aliphatic hydroxyl groups is 1. The molecule has 3 fully saturated rings. The fourth-order valence-electron chi connectivity index (χ4n) is 5.18. The summed E-state index contributed by atoms with van der Waals surface area (Å²) in [6, 6.07) is 9.77. The number of alkyl halides is 3. The molecule has 1 saturated heterocycles. The molecule has 4 rings (SSSR count). The zero-order chi connectivity index (χ0) is 25.2. The van der Waals surface area contributed by atoms with Crippen molar-refractivity contribution in [1.29, 1.82) is 0 Å². The summed E-state index contributed by atoms with van der Waals surface area (Å²) in [6.07, 6.45) is -2.33. The van der Waals surface area contributed by atoms with Crippen LogP contribution in [0, 0.1) is 17.8 Å². The van der Waals surface area contributed by atoms with Crippen molar-refractivity contribution in [3.8, 4) is 0 Å². The van der Waals surface area contributed by atoms with Crippen LogP contribution in [-0.4, -0.2) is 65.7 Å². The summed E-state index contributed by atoms with van der Waals surface area (Å²) in [5.41, 5.74) is 1.45. The van der Waals surface area contributed by atoms with Gasteiger partial charge in [0.15, 0.2) is 0 Å². The maximum Gasteiger partial charge on any atom is 0.493 e. The standard InChI is InChI=1S/C24H30F3N3O5/c25-24(26,27)22(33)35-28-20(31)19-15-23(34,14-16-6-7-16)9-8-18(19)21(32)30-12-10-29(11-13-30)17-4-2-1-3-5-17/h1-5,16,18-19,34H,6-15H2,(H,28,31)/t18-,19-,23+/m0/s1. The lowest BCUT2D eigenvalue weighted by Crippen LogP contribution is -2.55. The number of carbonyl (C=O) groups excluding carboxylic acids is 3. The number of benzene rings is 1. The first kappa shape index (κ1) is 25.3. The Morgan fingerprint density at radius 2 is 1.69 bits per heavy atom. The third-order valence-corrected chi connectivity index (χ3v) is 7.21. The first-order valence-electron chi connectivity index (χ1n) is 11.9. The van der Waals surface area contributed by atoms with Crippen LogP contribution < -0.4 is 10.4 Å². The van der Waals surface area contributed by atoms with Gasteiger partial charge in [0.1, 0.15) is 0 Å². The molecule has 0 radical (unpaired) electrons. The lowest BCUT2D eigenvalue weighted by atomic mass is 9.69. The van der Waals surface area contributed by atoms with E-state index in [0.29, 0.717) is 44.9 Å². The van der Waals surface area contributed by atoms with E-state index in [0.717, 1.165) is 18.5 Å². The molecule has 1 aliphatic heterocycles. The Morgan fingerprint density at radius 3 is 2.29 bits per heavy atom. The maximum absolute atomic E-state index is 13.4. The van der Waals surface area contributed by atoms with E-state index in [-0.39, 0.29) is 18.7 Å². The molecule has 11 heteroatoms. The van der Waals surface area contributed by atoms with Gasteiger partial charge in [-0.3, -0.25) is 9.59 Å². The molecular weight excluding hydrogens is 467 g/mol. The predicted molar refractivity (Wildman–Crippen MR) is 119 cm³/mol. The fraction of sp³-hybridized carbons (Fsp3) is 0.625. The second-order valence-corrected chi connectivity index (χ2v) is 9.83. The van der Waals surface area contributed by atoms with Crippen LogP contribution in [0.5, 0.6) is 0 Å². The number of hydrogen-bond donors (Lipinski definition) is 2. The molecule has 3 atom stereocenters. The zero-order valence-corrected chi connectivity index (χ0v) is 19.3. The van der Waals surface area contributed by atoms with Crippen molar-refractivity contribution in [2.75, 3.05) is 31.1 Å². The minimum Gasteiger partial charge on any atom is -0.390 e. The van der Waals surface area contributed by atoms with E-state index in [4.69, 9.17) is 0 Å². The van der Waals surface area contributed by atoms with E-state index in [1.165, 1.54) is 0 Å². The summed E-state index contributed by atoms with van der Waals surface area (Å²) < 4.78 is 37.5. The molecule has 2 aliphatic carbocycles. The SMILES string of the molecule is O=C(NOC(=O)C(F)(F)F)[C@H]1C[C@](O)(CC2CC2)CC[C@@H]1C(=O)N1CCN(c2ccccc2)CC1. The third kappa shape index (κ3) is 6.25. The van der Waals surface area contributed by atoms with Gasteiger partial charge in [0.2, 0.25) is 5.91 Å². The molecule has 35 heavy (non-hydrogen) atoms. The molecule has 2 N–H and O–H groups in total. The van der Waals surface area contributed by atoms with E-state index >= 15 is 0 Å². The summed E-state index contributed by atoms with van der Waals surface area (Å²) in [5.74, 6) is -5.39. The monoisotopic (exact) mass is 497 g/mol. The highest BCUT2D eigenvalue weighted by molar-refractivity contribution is 5.88. The highest BCUT2D eigenvalue weighted by Crippen LogP contribution is 2.46. The van der Waals surface area contributed by atoms with Crippen molar-refractivity contribution in [3.63, 3.8) is 0 Å². The second kappa shape index (κ2) is 10.0. The highest BCUT2D eigenvalue weighted by atomic mass is 19.4. The quantitative estimate of drug-likeness (QED) is 0.607.